The fraction of sp³-hybridized carbons (Fsp3) is 0.750. The van der Waals surface area contributed by atoms with Gasteiger partial charge in [-0.2, -0.15) is 5.10 Å². The molecule has 1 amide bonds. The summed E-state index contributed by atoms with van der Waals surface area (Å²) in [5, 5.41) is 5.95. The molecule has 0 aromatic carbocycles. The van der Waals surface area contributed by atoms with Crippen LogP contribution in [0.4, 0.5) is 0 Å². The largest absolute Gasteiger partial charge is 0.343 e. The van der Waals surface area contributed by atoms with E-state index in [0.717, 1.165) is 19.4 Å². The van der Waals surface area contributed by atoms with Crippen LogP contribution >= 0.6 is 0 Å². The molecule has 1 saturated heterocycles. The van der Waals surface area contributed by atoms with Crippen LogP contribution in [0, 0.1) is 5.92 Å². The van der Waals surface area contributed by atoms with E-state index in [2.05, 4.69) is 10.2 Å². The lowest BCUT2D eigenvalue weighted by atomic mass is 9.92. The molecule has 2 aliphatic rings. The van der Waals surface area contributed by atoms with E-state index in [1.165, 1.54) is 30.2 Å². The molecule has 18 heavy (non-hydrogen) atoms. The molecule has 1 aromatic rings. The number of carbonyl (C=O) groups is 1. The molecule has 1 aliphatic carbocycles. The van der Waals surface area contributed by atoms with Gasteiger partial charge in [-0.25, -0.2) is 9.89 Å². The third-order valence-electron chi connectivity index (χ3n) is 4.24. The third kappa shape index (κ3) is 1.95. The minimum atomic E-state index is -0.316. The zero-order chi connectivity index (χ0) is 12.5. The Bertz CT molecular complexity index is 492. The Hall–Kier alpha value is -1.59. The number of aromatic nitrogens is 3. The summed E-state index contributed by atoms with van der Waals surface area (Å²) >= 11 is 0. The van der Waals surface area contributed by atoms with E-state index in [0.29, 0.717) is 12.0 Å². The summed E-state index contributed by atoms with van der Waals surface area (Å²) in [5.74, 6) is 0.735. The molecule has 0 radical (unpaired) electrons. The van der Waals surface area contributed by atoms with Crippen molar-refractivity contribution in [2.75, 3.05) is 6.54 Å². The molecule has 2 fully saturated rings. The minimum absolute atomic E-state index is 0.0510. The Morgan fingerprint density at radius 3 is 3.00 bits per heavy atom. The number of nitrogens with one attached hydrogen (secondary N) is 1. The van der Waals surface area contributed by atoms with Crippen LogP contribution in [0.3, 0.4) is 0 Å². The van der Waals surface area contributed by atoms with Gasteiger partial charge >= 0.3 is 5.69 Å². The molecule has 2 unspecified atom stereocenters. The van der Waals surface area contributed by atoms with E-state index in [1.807, 2.05) is 4.90 Å². The lowest BCUT2D eigenvalue weighted by Crippen LogP contribution is -2.47. The van der Waals surface area contributed by atoms with Gasteiger partial charge in [0, 0.05) is 12.6 Å². The van der Waals surface area contributed by atoms with Crippen molar-refractivity contribution >= 4 is 5.91 Å². The van der Waals surface area contributed by atoms with Crippen molar-refractivity contribution in [2.24, 2.45) is 5.92 Å². The Balaban J connectivity index is 1.72. The molecule has 3 rings (SSSR count). The normalized spacial score (nSPS) is 27.2. The minimum Gasteiger partial charge on any atom is -0.338 e. The highest BCUT2D eigenvalue weighted by atomic mass is 16.2. The second-order valence-electron chi connectivity index (χ2n) is 5.28. The maximum atomic E-state index is 12.3. The van der Waals surface area contributed by atoms with Crippen LogP contribution in [0.1, 0.15) is 32.1 Å². The van der Waals surface area contributed by atoms with Crippen molar-refractivity contribution in [3.63, 3.8) is 0 Å². The number of carbonyl (C=O) groups excluding carboxylic acids is 1. The van der Waals surface area contributed by atoms with Crippen molar-refractivity contribution < 1.29 is 4.79 Å². The molecule has 1 aliphatic heterocycles. The Morgan fingerprint density at radius 2 is 2.22 bits per heavy atom. The van der Waals surface area contributed by atoms with E-state index in [1.54, 1.807) is 0 Å². The zero-order valence-corrected chi connectivity index (χ0v) is 10.3. The van der Waals surface area contributed by atoms with Gasteiger partial charge in [-0.1, -0.05) is 6.42 Å². The van der Waals surface area contributed by atoms with Gasteiger partial charge in [0.25, 0.3) is 0 Å². The number of rotatable bonds is 2. The summed E-state index contributed by atoms with van der Waals surface area (Å²) in [7, 11) is 0. The fourth-order valence-electron chi connectivity index (χ4n) is 3.38. The number of piperidine rings is 1. The van der Waals surface area contributed by atoms with Gasteiger partial charge < -0.3 is 4.90 Å². The van der Waals surface area contributed by atoms with Crippen molar-refractivity contribution in [3.05, 3.63) is 16.8 Å². The van der Waals surface area contributed by atoms with Crippen molar-refractivity contribution in [1.82, 2.24) is 19.7 Å². The maximum Gasteiger partial charge on any atom is 0.343 e. The molecule has 2 atom stereocenters. The third-order valence-corrected chi connectivity index (χ3v) is 4.24. The average Bonchev–Trinajstić information content (AvgIpc) is 2.98. The topological polar surface area (TPSA) is 71.0 Å². The Morgan fingerprint density at radius 1 is 1.39 bits per heavy atom. The van der Waals surface area contributed by atoms with Crippen LogP contribution in [-0.2, 0) is 11.3 Å². The highest BCUT2D eigenvalue weighted by Crippen LogP contribution is 2.36. The smallest absolute Gasteiger partial charge is 0.338 e. The molecule has 2 heterocycles. The van der Waals surface area contributed by atoms with Crippen molar-refractivity contribution in [2.45, 2.75) is 44.7 Å². The summed E-state index contributed by atoms with van der Waals surface area (Å²) in [4.78, 5) is 25.6. The van der Waals surface area contributed by atoms with E-state index in [4.69, 9.17) is 0 Å². The van der Waals surface area contributed by atoms with Gasteiger partial charge in [-0.15, -0.1) is 0 Å². The summed E-state index contributed by atoms with van der Waals surface area (Å²) < 4.78 is 1.33. The molecule has 0 spiro atoms. The van der Waals surface area contributed by atoms with Crippen molar-refractivity contribution in [1.29, 1.82) is 0 Å². The first-order valence-corrected chi connectivity index (χ1v) is 6.65. The summed E-state index contributed by atoms with van der Waals surface area (Å²) in [6.07, 6.45) is 7.32. The van der Waals surface area contributed by atoms with Crippen LogP contribution in [0.15, 0.2) is 11.1 Å². The first-order valence-electron chi connectivity index (χ1n) is 6.65. The number of nitrogens with zero attached hydrogens (tertiary/aromatic N) is 3. The van der Waals surface area contributed by atoms with E-state index in [-0.39, 0.29) is 18.1 Å². The van der Waals surface area contributed by atoms with Gasteiger partial charge in [-0.3, -0.25) is 9.36 Å². The van der Waals surface area contributed by atoms with Crippen LogP contribution in [0.2, 0.25) is 0 Å². The number of amides is 1. The lowest BCUT2D eigenvalue weighted by Gasteiger charge is -2.37. The predicted molar refractivity (Wildman–Crippen MR) is 64.9 cm³/mol. The number of hydrogen-bond donors (Lipinski definition) is 1. The zero-order valence-electron chi connectivity index (χ0n) is 10.3. The van der Waals surface area contributed by atoms with Gasteiger partial charge in [0.2, 0.25) is 5.91 Å². The summed E-state index contributed by atoms with van der Waals surface area (Å²) in [5.41, 5.74) is -0.316. The summed E-state index contributed by atoms with van der Waals surface area (Å²) in [6, 6.07) is 0.411. The number of aromatic amines is 1. The standard InChI is InChI=1S/C12H18N4O2/c17-11(7-15-8-13-14-12(15)18)16-6-2-4-9-3-1-5-10(9)16/h8-10H,1-7H2,(H,14,18). The molecule has 0 bridgehead atoms. The SMILES string of the molecule is O=C(Cn1cn[nH]c1=O)N1CCCC2CCCC21. The number of hydrogen-bond acceptors (Lipinski definition) is 3. The molecular weight excluding hydrogens is 232 g/mol. The lowest BCUT2D eigenvalue weighted by molar-refractivity contribution is -0.136. The van der Waals surface area contributed by atoms with Crippen LogP contribution < -0.4 is 5.69 Å². The first kappa shape index (κ1) is 11.5. The number of likely N-dealkylation sites (tertiary alicyclic amines) is 1. The Kier molecular flexibility index (Phi) is 2.93. The maximum absolute atomic E-state index is 12.3. The molecule has 1 N–H and O–H groups in total. The van der Waals surface area contributed by atoms with E-state index >= 15 is 0 Å². The van der Waals surface area contributed by atoms with Crippen LogP contribution in [0.5, 0.6) is 0 Å². The Labute approximate surface area is 105 Å². The molecule has 1 saturated carbocycles. The van der Waals surface area contributed by atoms with Gasteiger partial charge in [0.05, 0.1) is 0 Å². The fourth-order valence-corrected chi connectivity index (χ4v) is 3.38. The molecule has 1 aromatic heterocycles. The van der Waals surface area contributed by atoms with Crippen LogP contribution in [0.25, 0.3) is 0 Å². The highest BCUT2D eigenvalue weighted by molar-refractivity contribution is 5.76. The first-order chi connectivity index (χ1) is 8.75. The monoisotopic (exact) mass is 250 g/mol. The van der Waals surface area contributed by atoms with Gasteiger partial charge in [-0.05, 0) is 31.6 Å². The van der Waals surface area contributed by atoms with Gasteiger partial charge in [0.15, 0.2) is 0 Å². The molecule has 6 nitrogen and oxygen atoms in total. The molecule has 6 heteroatoms. The predicted octanol–water partition coefficient (Wildman–Crippen LogP) is 0.362. The highest BCUT2D eigenvalue weighted by Gasteiger charge is 2.37. The second kappa shape index (κ2) is 4.59. The van der Waals surface area contributed by atoms with E-state index in [9.17, 15) is 9.59 Å². The molecule has 98 valence electrons. The average molecular weight is 250 g/mol. The van der Waals surface area contributed by atoms with Gasteiger partial charge in [0.1, 0.15) is 12.9 Å². The quantitative estimate of drug-likeness (QED) is 0.824. The second-order valence-corrected chi connectivity index (χ2v) is 5.28. The summed E-state index contributed by atoms with van der Waals surface area (Å²) in [6.45, 7) is 0.950. The van der Waals surface area contributed by atoms with Crippen molar-refractivity contribution in [3.8, 4) is 0 Å². The molecular formula is C12H18N4O2. The van der Waals surface area contributed by atoms with E-state index < -0.39 is 0 Å². The van der Waals surface area contributed by atoms with Crippen LogP contribution in [-0.4, -0.2) is 38.2 Å². The number of fused-ring (bicyclic) bond motifs is 1. The number of H-pyrrole nitrogens is 1.